The van der Waals surface area contributed by atoms with Crippen LogP contribution in [-0.4, -0.2) is 34.8 Å². The Kier molecular flexibility index (Phi) is 6.74. The number of rotatable bonds is 9. The molecule has 1 aromatic rings. The third-order valence-electron chi connectivity index (χ3n) is 3.44. The van der Waals surface area contributed by atoms with E-state index in [-0.39, 0.29) is 17.7 Å². The van der Waals surface area contributed by atoms with Crippen molar-refractivity contribution in [3.05, 3.63) is 39.9 Å². The molecule has 1 unspecified atom stereocenters. The molecule has 1 aromatic carbocycles. The Hall–Kier alpha value is -1.50. The summed E-state index contributed by atoms with van der Waals surface area (Å²) in [5, 5.41) is 32.7. The van der Waals surface area contributed by atoms with E-state index < -0.39 is 11.0 Å². The molecular formula is C15H24N2O4. The lowest BCUT2D eigenvalue weighted by Crippen LogP contribution is -2.32. The summed E-state index contributed by atoms with van der Waals surface area (Å²) < 4.78 is 0. The number of aliphatic hydroxyl groups is 2. The first-order valence-electron chi connectivity index (χ1n) is 7.10. The van der Waals surface area contributed by atoms with Crippen molar-refractivity contribution in [2.45, 2.75) is 32.8 Å². The third kappa shape index (κ3) is 6.20. The van der Waals surface area contributed by atoms with E-state index in [0.29, 0.717) is 12.1 Å². The van der Waals surface area contributed by atoms with Gasteiger partial charge in [0.1, 0.15) is 0 Å². The molecule has 6 heteroatoms. The summed E-state index contributed by atoms with van der Waals surface area (Å²) >= 11 is 0. The van der Waals surface area contributed by atoms with E-state index in [1.165, 1.54) is 12.1 Å². The zero-order valence-electron chi connectivity index (χ0n) is 12.6. The molecule has 0 saturated heterocycles. The molecule has 1 atom stereocenters. The minimum absolute atomic E-state index is 0.0176. The van der Waals surface area contributed by atoms with Crippen LogP contribution in [0, 0.1) is 15.5 Å². The molecule has 3 N–H and O–H groups in total. The molecule has 0 fully saturated rings. The minimum atomic E-state index is -0.695. The average Bonchev–Trinajstić information content (AvgIpc) is 2.45. The fourth-order valence-electron chi connectivity index (χ4n) is 2.13. The number of hydrogen-bond acceptors (Lipinski definition) is 5. The minimum Gasteiger partial charge on any atom is -0.396 e. The maximum absolute atomic E-state index is 10.6. The molecule has 0 heterocycles. The molecule has 0 aromatic heterocycles. The van der Waals surface area contributed by atoms with E-state index in [9.17, 15) is 15.2 Å². The zero-order valence-corrected chi connectivity index (χ0v) is 12.6. The van der Waals surface area contributed by atoms with Gasteiger partial charge in [0.2, 0.25) is 0 Å². The van der Waals surface area contributed by atoms with Crippen LogP contribution in [0.1, 0.15) is 38.4 Å². The smallest absolute Gasteiger partial charge is 0.269 e. The van der Waals surface area contributed by atoms with Gasteiger partial charge in [-0.15, -0.1) is 0 Å². The van der Waals surface area contributed by atoms with Crippen LogP contribution in [0.25, 0.3) is 0 Å². The highest BCUT2D eigenvalue weighted by Crippen LogP contribution is 2.21. The van der Waals surface area contributed by atoms with Crippen molar-refractivity contribution in [2.24, 2.45) is 5.41 Å². The predicted molar refractivity (Wildman–Crippen MR) is 81.0 cm³/mol. The standard InChI is InChI=1S/C15H24N2O4/c1-15(2,8-3-9-18)11-16-10-14(19)12-4-6-13(7-5-12)17(20)21/h4-7,14,16,18-19H,3,8-11H2,1-2H3. The van der Waals surface area contributed by atoms with Gasteiger partial charge in [0, 0.05) is 31.8 Å². The molecule has 0 spiro atoms. The highest BCUT2D eigenvalue weighted by molar-refractivity contribution is 5.33. The second-order valence-corrected chi connectivity index (χ2v) is 5.99. The van der Waals surface area contributed by atoms with Crippen LogP contribution in [0.5, 0.6) is 0 Å². The van der Waals surface area contributed by atoms with Gasteiger partial charge >= 0.3 is 0 Å². The summed E-state index contributed by atoms with van der Waals surface area (Å²) in [6.45, 7) is 5.52. The van der Waals surface area contributed by atoms with Crippen LogP contribution in [-0.2, 0) is 0 Å². The fourth-order valence-corrected chi connectivity index (χ4v) is 2.13. The highest BCUT2D eigenvalue weighted by atomic mass is 16.6. The van der Waals surface area contributed by atoms with Crippen molar-refractivity contribution < 1.29 is 15.1 Å². The number of nitro benzene ring substituents is 1. The highest BCUT2D eigenvalue weighted by Gasteiger charge is 2.18. The van der Waals surface area contributed by atoms with Crippen molar-refractivity contribution >= 4 is 5.69 Å². The molecule has 21 heavy (non-hydrogen) atoms. The van der Waals surface area contributed by atoms with Crippen LogP contribution < -0.4 is 5.32 Å². The van der Waals surface area contributed by atoms with Crippen LogP contribution in [0.4, 0.5) is 5.69 Å². The quantitative estimate of drug-likeness (QED) is 0.478. The van der Waals surface area contributed by atoms with Gasteiger partial charge in [-0.05, 0) is 36.0 Å². The maximum Gasteiger partial charge on any atom is 0.269 e. The number of nitrogens with one attached hydrogen (secondary N) is 1. The summed E-state index contributed by atoms with van der Waals surface area (Å²) in [5.41, 5.74) is 0.725. The molecule has 0 radical (unpaired) electrons. The van der Waals surface area contributed by atoms with E-state index >= 15 is 0 Å². The summed E-state index contributed by atoms with van der Waals surface area (Å²) in [7, 11) is 0. The first kappa shape index (κ1) is 17.6. The van der Waals surface area contributed by atoms with Gasteiger partial charge in [0.15, 0.2) is 0 Å². The van der Waals surface area contributed by atoms with Gasteiger partial charge in [-0.1, -0.05) is 13.8 Å². The number of nitro groups is 1. The van der Waals surface area contributed by atoms with Gasteiger partial charge in [-0.2, -0.15) is 0 Å². The van der Waals surface area contributed by atoms with E-state index in [1.54, 1.807) is 12.1 Å². The number of hydrogen-bond donors (Lipinski definition) is 3. The summed E-state index contributed by atoms with van der Waals surface area (Å²) in [6, 6.07) is 5.93. The first-order chi connectivity index (χ1) is 9.85. The largest absolute Gasteiger partial charge is 0.396 e. The van der Waals surface area contributed by atoms with Crippen molar-refractivity contribution in [2.75, 3.05) is 19.7 Å². The lowest BCUT2D eigenvalue weighted by atomic mass is 9.88. The number of non-ortho nitro benzene ring substituents is 1. The Morgan fingerprint density at radius 2 is 1.95 bits per heavy atom. The number of benzene rings is 1. The fraction of sp³-hybridized carbons (Fsp3) is 0.600. The van der Waals surface area contributed by atoms with Gasteiger partial charge in [-0.25, -0.2) is 0 Å². The van der Waals surface area contributed by atoms with Gasteiger partial charge in [0.25, 0.3) is 5.69 Å². The van der Waals surface area contributed by atoms with Crippen LogP contribution in [0.15, 0.2) is 24.3 Å². The third-order valence-corrected chi connectivity index (χ3v) is 3.44. The van der Waals surface area contributed by atoms with E-state index in [1.807, 2.05) is 0 Å². The Morgan fingerprint density at radius 3 is 2.48 bits per heavy atom. The lowest BCUT2D eigenvalue weighted by Gasteiger charge is -2.25. The predicted octanol–water partition coefficient (Wildman–Crippen LogP) is 2.02. The van der Waals surface area contributed by atoms with Crippen molar-refractivity contribution in [1.29, 1.82) is 0 Å². The Morgan fingerprint density at radius 1 is 1.33 bits per heavy atom. The Labute approximate surface area is 125 Å². The van der Waals surface area contributed by atoms with E-state index in [4.69, 9.17) is 5.11 Å². The van der Waals surface area contributed by atoms with Gasteiger partial charge in [-0.3, -0.25) is 10.1 Å². The summed E-state index contributed by atoms with van der Waals surface area (Å²) in [6.07, 6.45) is 0.975. The normalized spacial score (nSPS) is 13.1. The Balaban J connectivity index is 2.43. The molecule has 1 rings (SSSR count). The van der Waals surface area contributed by atoms with E-state index in [2.05, 4.69) is 19.2 Å². The van der Waals surface area contributed by atoms with Crippen LogP contribution >= 0.6 is 0 Å². The zero-order chi connectivity index (χ0) is 15.9. The van der Waals surface area contributed by atoms with Crippen molar-refractivity contribution in [3.8, 4) is 0 Å². The van der Waals surface area contributed by atoms with E-state index in [0.717, 1.165) is 19.4 Å². The summed E-state index contributed by atoms with van der Waals surface area (Å²) in [5.74, 6) is 0. The maximum atomic E-state index is 10.6. The second kappa shape index (κ2) is 8.07. The molecular weight excluding hydrogens is 272 g/mol. The molecule has 0 aliphatic rings. The molecule has 0 amide bonds. The number of aliphatic hydroxyl groups excluding tert-OH is 2. The first-order valence-corrected chi connectivity index (χ1v) is 7.10. The SMILES string of the molecule is CC(C)(CCCO)CNCC(O)c1ccc([N+](=O)[O-])cc1. The lowest BCUT2D eigenvalue weighted by molar-refractivity contribution is -0.384. The number of nitrogens with zero attached hydrogens (tertiary/aromatic N) is 1. The van der Waals surface area contributed by atoms with Crippen molar-refractivity contribution in [1.82, 2.24) is 5.32 Å². The van der Waals surface area contributed by atoms with Crippen molar-refractivity contribution in [3.63, 3.8) is 0 Å². The molecule has 0 saturated carbocycles. The van der Waals surface area contributed by atoms with Gasteiger partial charge in [0.05, 0.1) is 11.0 Å². The topological polar surface area (TPSA) is 95.6 Å². The molecule has 0 aliphatic heterocycles. The molecule has 0 aliphatic carbocycles. The average molecular weight is 296 g/mol. The molecule has 6 nitrogen and oxygen atoms in total. The summed E-state index contributed by atoms with van der Waals surface area (Å²) in [4.78, 5) is 10.1. The Bertz CT molecular complexity index is 445. The molecule has 0 bridgehead atoms. The van der Waals surface area contributed by atoms with Crippen LogP contribution in [0.3, 0.4) is 0 Å². The van der Waals surface area contributed by atoms with Crippen LogP contribution in [0.2, 0.25) is 0 Å². The monoisotopic (exact) mass is 296 g/mol. The molecule has 118 valence electrons. The second-order valence-electron chi connectivity index (χ2n) is 5.99. The van der Waals surface area contributed by atoms with Gasteiger partial charge < -0.3 is 15.5 Å².